The zero-order valence-electron chi connectivity index (χ0n) is 21.5. The van der Waals surface area contributed by atoms with E-state index in [-0.39, 0.29) is 29.1 Å². The summed E-state index contributed by atoms with van der Waals surface area (Å²) >= 11 is 0. The normalized spacial score (nSPS) is 16.7. The maximum atomic E-state index is 13.3. The van der Waals surface area contributed by atoms with E-state index in [1.54, 1.807) is 7.11 Å². The molecule has 9 heteroatoms. The molecule has 39 heavy (non-hydrogen) atoms. The molecule has 9 nitrogen and oxygen atoms in total. The molecular formula is C30H27N3O6. The molecule has 0 spiro atoms. The highest BCUT2D eigenvalue weighted by molar-refractivity contribution is 6.46. The van der Waals surface area contributed by atoms with E-state index in [0.717, 1.165) is 28.5 Å². The van der Waals surface area contributed by atoms with Gasteiger partial charge in [0.1, 0.15) is 11.5 Å². The topological polar surface area (TPSA) is 126 Å². The molecule has 1 amide bonds. The lowest BCUT2D eigenvalue weighted by Crippen LogP contribution is -2.31. The van der Waals surface area contributed by atoms with Gasteiger partial charge in [0.2, 0.25) is 0 Å². The maximum absolute atomic E-state index is 13.3. The Morgan fingerprint density at radius 3 is 2.44 bits per heavy atom. The number of Topliss-reactive ketones (excluding diaryl/α,β-unsaturated/α-hetero) is 1. The number of nitro benzene ring substituents is 1. The fourth-order valence-electron chi connectivity index (χ4n) is 5.02. The number of carbonyl (C=O) groups excluding carboxylic acids is 2. The first-order chi connectivity index (χ1) is 18.8. The number of hydrogen-bond acceptors (Lipinski definition) is 6. The molecule has 5 rings (SSSR count). The third kappa shape index (κ3) is 4.74. The highest BCUT2D eigenvalue weighted by Gasteiger charge is 2.45. The van der Waals surface area contributed by atoms with Crippen LogP contribution in [0, 0.1) is 10.1 Å². The number of likely N-dealkylation sites (tertiary alicyclic amines) is 1. The Morgan fingerprint density at radius 2 is 1.79 bits per heavy atom. The molecule has 1 aliphatic rings. The van der Waals surface area contributed by atoms with E-state index in [1.807, 2.05) is 55.6 Å². The first-order valence-electron chi connectivity index (χ1n) is 12.6. The summed E-state index contributed by atoms with van der Waals surface area (Å²) in [6, 6.07) is 17.7. The van der Waals surface area contributed by atoms with Crippen molar-refractivity contribution >= 4 is 34.0 Å². The van der Waals surface area contributed by atoms with E-state index < -0.39 is 22.7 Å². The molecule has 0 unspecified atom stereocenters. The van der Waals surface area contributed by atoms with E-state index in [2.05, 4.69) is 4.98 Å². The van der Waals surface area contributed by atoms with Crippen molar-refractivity contribution in [1.82, 2.24) is 9.88 Å². The minimum absolute atomic E-state index is 0.0429. The van der Waals surface area contributed by atoms with Gasteiger partial charge in [0, 0.05) is 41.3 Å². The molecule has 4 aromatic rings. The summed E-state index contributed by atoms with van der Waals surface area (Å²) in [6.07, 6.45) is 3.16. The second kappa shape index (κ2) is 10.4. The highest BCUT2D eigenvalue weighted by atomic mass is 16.6. The van der Waals surface area contributed by atoms with Crippen LogP contribution in [0.15, 0.2) is 78.5 Å². The maximum Gasteiger partial charge on any atom is 0.295 e. The number of ketones is 1. The zero-order valence-corrected chi connectivity index (χ0v) is 21.5. The number of fused-ring (bicyclic) bond motifs is 1. The fourth-order valence-corrected chi connectivity index (χ4v) is 5.02. The molecular weight excluding hydrogens is 498 g/mol. The van der Waals surface area contributed by atoms with Crippen LogP contribution in [0.5, 0.6) is 5.75 Å². The number of aryl methyl sites for hydroxylation is 1. The third-order valence-corrected chi connectivity index (χ3v) is 7.19. The molecule has 2 N–H and O–H groups in total. The summed E-state index contributed by atoms with van der Waals surface area (Å²) in [5.74, 6) is -1.16. The van der Waals surface area contributed by atoms with Crippen molar-refractivity contribution in [2.75, 3.05) is 13.7 Å². The van der Waals surface area contributed by atoms with Crippen LogP contribution >= 0.6 is 0 Å². The molecule has 0 saturated carbocycles. The molecule has 1 atom stereocenters. The third-order valence-electron chi connectivity index (χ3n) is 7.19. The van der Waals surface area contributed by atoms with Gasteiger partial charge in [0.25, 0.3) is 17.4 Å². The standard InChI is InChI=1S/C30H27N3O6/c1-3-18-4-6-19(7-5-18)27-26(28(34)20-8-10-22(11-9-20)33(37)38)29(35)30(36)32(27)15-14-21-17-31-25-13-12-23(39-2)16-24(21)25/h4-13,16-17,27,31,34H,3,14-15H2,1-2H3/t27-/m0/s1. The van der Waals surface area contributed by atoms with Crippen LogP contribution in [-0.2, 0) is 22.4 Å². The number of benzene rings is 3. The highest BCUT2D eigenvalue weighted by Crippen LogP contribution is 2.40. The van der Waals surface area contributed by atoms with Gasteiger partial charge >= 0.3 is 0 Å². The van der Waals surface area contributed by atoms with Gasteiger partial charge in [-0.25, -0.2) is 0 Å². The molecule has 2 heterocycles. The number of aromatic nitrogens is 1. The minimum atomic E-state index is -0.814. The van der Waals surface area contributed by atoms with Crippen molar-refractivity contribution < 1.29 is 24.4 Å². The van der Waals surface area contributed by atoms with Crippen LogP contribution in [0.3, 0.4) is 0 Å². The number of H-pyrrole nitrogens is 1. The van der Waals surface area contributed by atoms with Gasteiger partial charge in [0.15, 0.2) is 0 Å². The summed E-state index contributed by atoms with van der Waals surface area (Å²) in [6.45, 7) is 2.26. The number of rotatable bonds is 8. The van der Waals surface area contributed by atoms with Crippen molar-refractivity contribution in [3.63, 3.8) is 0 Å². The predicted octanol–water partition coefficient (Wildman–Crippen LogP) is 5.31. The summed E-state index contributed by atoms with van der Waals surface area (Å²) in [7, 11) is 1.60. The SMILES string of the molecule is CCc1ccc([C@H]2C(=C(O)c3ccc([N+](=O)[O-])cc3)C(=O)C(=O)N2CCc2c[nH]c3ccc(OC)cc23)cc1. The van der Waals surface area contributed by atoms with Gasteiger partial charge in [-0.15, -0.1) is 0 Å². The summed E-state index contributed by atoms with van der Waals surface area (Å²) in [5.41, 5.74) is 3.71. The predicted molar refractivity (Wildman–Crippen MR) is 146 cm³/mol. The lowest BCUT2D eigenvalue weighted by molar-refractivity contribution is -0.384. The number of aromatic amines is 1. The summed E-state index contributed by atoms with van der Waals surface area (Å²) < 4.78 is 5.36. The van der Waals surface area contributed by atoms with Crippen molar-refractivity contribution in [3.8, 4) is 5.75 Å². The lowest BCUT2D eigenvalue weighted by atomic mass is 9.94. The molecule has 198 valence electrons. The Kier molecular flexibility index (Phi) is 6.89. The van der Waals surface area contributed by atoms with Gasteiger partial charge in [-0.05, 0) is 59.9 Å². The van der Waals surface area contributed by atoms with Crippen LogP contribution in [0.1, 0.15) is 35.2 Å². The van der Waals surface area contributed by atoms with Gasteiger partial charge in [-0.1, -0.05) is 31.2 Å². The number of nitro groups is 1. The van der Waals surface area contributed by atoms with Crippen LogP contribution in [0.2, 0.25) is 0 Å². The Balaban J connectivity index is 1.55. The van der Waals surface area contributed by atoms with Gasteiger partial charge < -0.3 is 19.7 Å². The molecule has 0 bridgehead atoms. The average molecular weight is 526 g/mol. The van der Waals surface area contributed by atoms with Crippen molar-refractivity contribution in [2.24, 2.45) is 0 Å². The number of carbonyl (C=O) groups is 2. The van der Waals surface area contributed by atoms with Crippen molar-refractivity contribution in [2.45, 2.75) is 25.8 Å². The number of amides is 1. The van der Waals surface area contributed by atoms with Gasteiger partial charge in [0.05, 0.1) is 23.6 Å². The summed E-state index contributed by atoms with van der Waals surface area (Å²) in [4.78, 5) is 41.9. The van der Waals surface area contributed by atoms with Crippen molar-refractivity contribution in [1.29, 1.82) is 0 Å². The fraction of sp³-hybridized carbons (Fsp3) is 0.200. The Hall–Kier alpha value is -4.92. The van der Waals surface area contributed by atoms with Gasteiger partial charge in [-0.3, -0.25) is 19.7 Å². The number of aliphatic hydroxyl groups excluding tert-OH is 1. The number of hydrogen-bond donors (Lipinski definition) is 2. The second-order valence-electron chi connectivity index (χ2n) is 9.37. The number of aliphatic hydroxyl groups is 1. The monoisotopic (exact) mass is 525 g/mol. The number of nitrogens with one attached hydrogen (secondary N) is 1. The molecule has 1 saturated heterocycles. The lowest BCUT2D eigenvalue weighted by Gasteiger charge is -2.25. The first kappa shape index (κ1) is 25.7. The van der Waals surface area contributed by atoms with E-state index >= 15 is 0 Å². The molecule has 3 aromatic carbocycles. The Bertz CT molecular complexity index is 1600. The number of methoxy groups -OCH3 is 1. The van der Waals surface area contributed by atoms with E-state index in [0.29, 0.717) is 17.7 Å². The first-order valence-corrected chi connectivity index (χ1v) is 12.6. The zero-order chi connectivity index (χ0) is 27.7. The smallest absolute Gasteiger partial charge is 0.295 e. The van der Waals surface area contributed by atoms with E-state index in [1.165, 1.54) is 29.2 Å². The van der Waals surface area contributed by atoms with E-state index in [9.17, 15) is 24.8 Å². The van der Waals surface area contributed by atoms with Crippen LogP contribution in [0.4, 0.5) is 5.69 Å². The largest absolute Gasteiger partial charge is 0.507 e. The molecule has 0 radical (unpaired) electrons. The number of ether oxygens (including phenoxy) is 1. The second-order valence-corrected chi connectivity index (χ2v) is 9.37. The summed E-state index contributed by atoms with van der Waals surface area (Å²) in [5, 5.41) is 23.3. The number of nitrogens with zero attached hydrogens (tertiary/aromatic N) is 2. The quantitative estimate of drug-likeness (QED) is 0.106. The molecule has 1 fully saturated rings. The van der Waals surface area contributed by atoms with Crippen LogP contribution in [0.25, 0.3) is 16.7 Å². The van der Waals surface area contributed by atoms with Crippen molar-refractivity contribution in [3.05, 3.63) is 111 Å². The molecule has 1 aliphatic heterocycles. The van der Waals surface area contributed by atoms with Gasteiger partial charge in [-0.2, -0.15) is 0 Å². The van der Waals surface area contributed by atoms with E-state index in [4.69, 9.17) is 4.74 Å². The Labute approximate surface area is 224 Å². The average Bonchev–Trinajstić information content (AvgIpc) is 3.48. The molecule has 0 aliphatic carbocycles. The van der Waals surface area contributed by atoms with Crippen LogP contribution in [-0.4, -0.2) is 45.3 Å². The molecule has 1 aromatic heterocycles. The minimum Gasteiger partial charge on any atom is -0.507 e. The Morgan fingerprint density at radius 1 is 1.08 bits per heavy atom. The number of non-ortho nitro benzene ring substituents is 1. The van der Waals surface area contributed by atoms with Crippen LogP contribution < -0.4 is 4.74 Å².